The zero-order valence-corrected chi connectivity index (χ0v) is 10.6. The standard InChI is InChI=1S/C13H15F2NO3/c1-9-7-16(4-5-18-9)13(17)8-19-12-3-2-10(14)6-11(12)15/h2-3,6,9H,4-5,7-8H2,1H3. The van der Waals surface area contributed by atoms with Gasteiger partial charge in [0.1, 0.15) is 5.82 Å². The van der Waals surface area contributed by atoms with Crippen LogP contribution in [0.15, 0.2) is 18.2 Å². The molecule has 1 aliphatic heterocycles. The highest BCUT2D eigenvalue weighted by molar-refractivity contribution is 5.77. The Labute approximate surface area is 109 Å². The van der Waals surface area contributed by atoms with Crippen LogP contribution in [0, 0.1) is 11.6 Å². The molecule has 6 heteroatoms. The molecule has 0 aromatic heterocycles. The number of halogens is 2. The molecule has 0 N–H and O–H groups in total. The summed E-state index contributed by atoms with van der Waals surface area (Å²) in [6.07, 6.45) is -0.0137. The fourth-order valence-electron chi connectivity index (χ4n) is 1.87. The first-order valence-electron chi connectivity index (χ1n) is 6.03. The van der Waals surface area contributed by atoms with Crippen molar-refractivity contribution in [3.8, 4) is 5.75 Å². The van der Waals surface area contributed by atoms with Crippen LogP contribution in [0.3, 0.4) is 0 Å². The molecule has 0 bridgehead atoms. The van der Waals surface area contributed by atoms with Gasteiger partial charge in [0.15, 0.2) is 18.2 Å². The quantitative estimate of drug-likeness (QED) is 0.838. The summed E-state index contributed by atoms with van der Waals surface area (Å²) in [6, 6.07) is 2.97. The molecule has 1 heterocycles. The van der Waals surface area contributed by atoms with Crippen LogP contribution in [-0.2, 0) is 9.53 Å². The highest BCUT2D eigenvalue weighted by atomic mass is 19.1. The first-order chi connectivity index (χ1) is 9.06. The molecule has 1 saturated heterocycles. The maximum Gasteiger partial charge on any atom is 0.260 e. The Morgan fingerprint density at radius 1 is 1.53 bits per heavy atom. The second-order valence-electron chi connectivity index (χ2n) is 4.38. The molecule has 0 radical (unpaired) electrons. The summed E-state index contributed by atoms with van der Waals surface area (Å²) in [7, 11) is 0. The molecule has 19 heavy (non-hydrogen) atoms. The SMILES string of the molecule is CC1CN(C(=O)COc2ccc(F)cc2F)CCO1. The van der Waals surface area contributed by atoms with Gasteiger partial charge in [0, 0.05) is 19.2 Å². The smallest absolute Gasteiger partial charge is 0.260 e. The molecule has 1 aromatic carbocycles. The number of amides is 1. The van der Waals surface area contributed by atoms with Gasteiger partial charge in [-0.05, 0) is 19.1 Å². The summed E-state index contributed by atoms with van der Waals surface area (Å²) < 4.78 is 36.4. The third kappa shape index (κ3) is 3.64. The second kappa shape index (κ2) is 5.97. The van der Waals surface area contributed by atoms with Gasteiger partial charge < -0.3 is 14.4 Å². The summed E-state index contributed by atoms with van der Waals surface area (Å²) in [5.74, 6) is -1.86. The van der Waals surface area contributed by atoms with Crippen molar-refractivity contribution in [3.05, 3.63) is 29.8 Å². The summed E-state index contributed by atoms with van der Waals surface area (Å²) in [5.41, 5.74) is 0. The Hall–Kier alpha value is -1.69. The number of carbonyl (C=O) groups is 1. The van der Waals surface area contributed by atoms with E-state index in [1.54, 1.807) is 4.90 Å². The van der Waals surface area contributed by atoms with Crippen molar-refractivity contribution >= 4 is 5.91 Å². The van der Waals surface area contributed by atoms with Crippen molar-refractivity contribution in [2.24, 2.45) is 0 Å². The molecule has 0 saturated carbocycles. The molecular weight excluding hydrogens is 256 g/mol. The minimum atomic E-state index is -0.817. The predicted octanol–water partition coefficient (Wildman–Crippen LogP) is 1.59. The summed E-state index contributed by atoms with van der Waals surface area (Å²) in [4.78, 5) is 13.5. The lowest BCUT2D eigenvalue weighted by Gasteiger charge is -2.31. The maximum atomic E-state index is 13.3. The van der Waals surface area contributed by atoms with Gasteiger partial charge in [0.05, 0.1) is 12.7 Å². The van der Waals surface area contributed by atoms with Crippen molar-refractivity contribution in [1.82, 2.24) is 4.90 Å². The summed E-state index contributed by atoms with van der Waals surface area (Å²) in [5, 5.41) is 0. The Bertz CT molecular complexity index is 467. The normalized spacial score (nSPS) is 19.3. The lowest BCUT2D eigenvalue weighted by Crippen LogP contribution is -2.46. The monoisotopic (exact) mass is 271 g/mol. The molecule has 1 atom stereocenters. The van der Waals surface area contributed by atoms with Gasteiger partial charge in [-0.25, -0.2) is 8.78 Å². The molecule has 0 aliphatic carbocycles. The average molecular weight is 271 g/mol. The fraction of sp³-hybridized carbons (Fsp3) is 0.462. The van der Waals surface area contributed by atoms with Gasteiger partial charge in [-0.1, -0.05) is 0 Å². The van der Waals surface area contributed by atoms with E-state index in [1.807, 2.05) is 6.92 Å². The van der Waals surface area contributed by atoms with Crippen LogP contribution in [0.1, 0.15) is 6.92 Å². The van der Waals surface area contributed by atoms with Crippen molar-refractivity contribution in [3.63, 3.8) is 0 Å². The van der Waals surface area contributed by atoms with Crippen LogP contribution < -0.4 is 4.74 Å². The van der Waals surface area contributed by atoms with Crippen molar-refractivity contribution in [2.75, 3.05) is 26.3 Å². The highest BCUT2D eigenvalue weighted by Gasteiger charge is 2.21. The van der Waals surface area contributed by atoms with E-state index in [0.717, 1.165) is 12.1 Å². The fourth-order valence-corrected chi connectivity index (χ4v) is 1.87. The first kappa shape index (κ1) is 13.7. The lowest BCUT2D eigenvalue weighted by atomic mass is 10.3. The van der Waals surface area contributed by atoms with Crippen LogP contribution in [0.2, 0.25) is 0 Å². The van der Waals surface area contributed by atoms with Gasteiger partial charge in [0.2, 0.25) is 0 Å². The van der Waals surface area contributed by atoms with E-state index in [1.165, 1.54) is 6.07 Å². The molecular formula is C13H15F2NO3. The third-order valence-electron chi connectivity index (χ3n) is 2.84. The number of benzene rings is 1. The van der Waals surface area contributed by atoms with E-state index in [-0.39, 0.29) is 24.4 Å². The Kier molecular flexibility index (Phi) is 4.31. The molecule has 1 amide bonds. The van der Waals surface area contributed by atoms with Crippen LogP contribution >= 0.6 is 0 Å². The molecule has 1 aliphatic rings. The van der Waals surface area contributed by atoms with Gasteiger partial charge in [0.25, 0.3) is 5.91 Å². The number of hydrogen-bond acceptors (Lipinski definition) is 3. The van der Waals surface area contributed by atoms with E-state index in [4.69, 9.17) is 9.47 Å². The minimum absolute atomic E-state index is 0.0137. The van der Waals surface area contributed by atoms with E-state index >= 15 is 0 Å². The van der Waals surface area contributed by atoms with Crippen LogP contribution in [0.25, 0.3) is 0 Å². The number of hydrogen-bond donors (Lipinski definition) is 0. The average Bonchev–Trinajstić information content (AvgIpc) is 2.37. The highest BCUT2D eigenvalue weighted by Crippen LogP contribution is 2.17. The molecule has 1 aromatic rings. The number of rotatable bonds is 3. The van der Waals surface area contributed by atoms with Crippen LogP contribution in [0.5, 0.6) is 5.75 Å². The first-order valence-corrected chi connectivity index (χ1v) is 6.03. The second-order valence-corrected chi connectivity index (χ2v) is 4.38. The topological polar surface area (TPSA) is 38.8 Å². The largest absolute Gasteiger partial charge is 0.481 e. The molecule has 104 valence electrons. The number of nitrogens with zero attached hydrogens (tertiary/aromatic N) is 1. The van der Waals surface area contributed by atoms with Crippen molar-refractivity contribution in [2.45, 2.75) is 13.0 Å². The van der Waals surface area contributed by atoms with Gasteiger partial charge in [-0.3, -0.25) is 4.79 Å². The van der Waals surface area contributed by atoms with Gasteiger partial charge >= 0.3 is 0 Å². The Balaban J connectivity index is 1.89. The molecule has 1 fully saturated rings. The lowest BCUT2D eigenvalue weighted by molar-refractivity contribution is -0.140. The molecule has 1 unspecified atom stereocenters. The number of ether oxygens (including phenoxy) is 2. The zero-order valence-electron chi connectivity index (χ0n) is 10.6. The van der Waals surface area contributed by atoms with Crippen LogP contribution in [-0.4, -0.2) is 43.2 Å². The predicted molar refractivity (Wildman–Crippen MR) is 63.8 cm³/mol. The van der Waals surface area contributed by atoms with Gasteiger partial charge in [-0.2, -0.15) is 0 Å². The van der Waals surface area contributed by atoms with E-state index < -0.39 is 11.6 Å². The Morgan fingerprint density at radius 3 is 3.00 bits per heavy atom. The third-order valence-corrected chi connectivity index (χ3v) is 2.84. The molecule has 2 rings (SSSR count). The van der Waals surface area contributed by atoms with Crippen molar-refractivity contribution in [1.29, 1.82) is 0 Å². The van der Waals surface area contributed by atoms with E-state index in [9.17, 15) is 13.6 Å². The van der Waals surface area contributed by atoms with E-state index in [2.05, 4.69) is 0 Å². The number of carbonyl (C=O) groups excluding carboxylic acids is 1. The van der Waals surface area contributed by atoms with Gasteiger partial charge in [-0.15, -0.1) is 0 Å². The van der Waals surface area contributed by atoms with Crippen molar-refractivity contribution < 1.29 is 23.0 Å². The minimum Gasteiger partial charge on any atom is -0.481 e. The molecule has 4 nitrogen and oxygen atoms in total. The van der Waals surface area contributed by atoms with E-state index in [0.29, 0.717) is 19.7 Å². The zero-order chi connectivity index (χ0) is 13.8. The summed E-state index contributed by atoms with van der Waals surface area (Å²) in [6.45, 7) is 3.08. The number of morpholine rings is 1. The van der Waals surface area contributed by atoms with Crippen LogP contribution in [0.4, 0.5) is 8.78 Å². The Morgan fingerprint density at radius 2 is 2.32 bits per heavy atom. The molecule has 0 spiro atoms. The summed E-state index contributed by atoms with van der Waals surface area (Å²) >= 11 is 0. The maximum absolute atomic E-state index is 13.3.